The van der Waals surface area contributed by atoms with Crippen LogP contribution in [0.2, 0.25) is 0 Å². The Bertz CT molecular complexity index is 872. The van der Waals surface area contributed by atoms with Gasteiger partial charge in [-0.1, -0.05) is 24.8 Å². The van der Waals surface area contributed by atoms with Crippen molar-refractivity contribution in [3.05, 3.63) is 72.2 Å². The topological polar surface area (TPSA) is 34.8 Å². The van der Waals surface area contributed by atoms with Crippen LogP contribution in [0.15, 0.2) is 55.2 Å². The summed E-state index contributed by atoms with van der Waals surface area (Å²) >= 11 is 0. The predicted molar refractivity (Wildman–Crippen MR) is 97.6 cm³/mol. The van der Waals surface area contributed by atoms with Crippen LogP contribution in [-0.2, 0) is 13.6 Å². The molecule has 0 bridgehead atoms. The van der Waals surface area contributed by atoms with Gasteiger partial charge in [-0.3, -0.25) is 0 Å². The van der Waals surface area contributed by atoms with Crippen LogP contribution < -0.4 is 10.3 Å². The van der Waals surface area contributed by atoms with Crippen LogP contribution in [0.5, 0.6) is 0 Å². The van der Waals surface area contributed by atoms with Crippen LogP contribution in [0.4, 0.5) is 0 Å². The van der Waals surface area contributed by atoms with Crippen molar-refractivity contribution in [2.24, 2.45) is 12.8 Å². The van der Waals surface area contributed by atoms with Crippen molar-refractivity contribution in [1.29, 1.82) is 0 Å². The van der Waals surface area contributed by atoms with Crippen molar-refractivity contribution in [2.75, 3.05) is 6.54 Å². The second-order valence-electron chi connectivity index (χ2n) is 5.57. The normalized spacial score (nSPS) is 11.4. The van der Waals surface area contributed by atoms with E-state index in [9.17, 15) is 0 Å². The fourth-order valence-corrected chi connectivity index (χ4v) is 2.97. The molecule has 2 aromatic heterocycles. The first kappa shape index (κ1) is 15.3. The number of benzene rings is 1. The summed E-state index contributed by atoms with van der Waals surface area (Å²) in [5, 5.41) is 1.26. The Morgan fingerprint density at radius 2 is 1.87 bits per heavy atom. The third kappa shape index (κ3) is 2.96. The largest absolute Gasteiger partial charge is 0.350 e. The molecule has 3 nitrogen and oxygen atoms in total. The van der Waals surface area contributed by atoms with E-state index < -0.39 is 0 Å². The van der Waals surface area contributed by atoms with E-state index in [2.05, 4.69) is 77.5 Å². The predicted octanol–water partition coefficient (Wildman–Crippen LogP) is 3.24. The summed E-state index contributed by atoms with van der Waals surface area (Å²) in [5.74, 6) is 0. The molecule has 0 unspecified atom stereocenters. The van der Waals surface area contributed by atoms with Gasteiger partial charge < -0.3 is 10.3 Å². The van der Waals surface area contributed by atoms with E-state index in [1.54, 1.807) is 0 Å². The maximum absolute atomic E-state index is 5.76. The first-order valence-corrected chi connectivity index (χ1v) is 7.82. The first-order valence-electron chi connectivity index (χ1n) is 7.82. The highest BCUT2D eigenvalue weighted by molar-refractivity contribution is 5.91. The van der Waals surface area contributed by atoms with Crippen LogP contribution >= 0.6 is 0 Å². The SMILES string of the molecule is C=Cc1cccc(/C=C/c2cn(C)c3ccccc23)[n+]1CCN. The van der Waals surface area contributed by atoms with Gasteiger partial charge in [-0.25, -0.2) is 0 Å². The van der Waals surface area contributed by atoms with Crippen molar-refractivity contribution in [2.45, 2.75) is 6.54 Å². The van der Waals surface area contributed by atoms with Gasteiger partial charge in [0.2, 0.25) is 11.4 Å². The Morgan fingerprint density at radius 1 is 1.09 bits per heavy atom. The van der Waals surface area contributed by atoms with Gasteiger partial charge in [0, 0.05) is 54.0 Å². The fourth-order valence-electron chi connectivity index (χ4n) is 2.97. The molecule has 3 rings (SSSR count). The second kappa shape index (κ2) is 6.63. The molecule has 0 saturated carbocycles. The van der Waals surface area contributed by atoms with Crippen LogP contribution in [0, 0.1) is 0 Å². The van der Waals surface area contributed by atoms with E-state index >= 15 is 0 Å². The highest BCUT2D eigenvalue weighted by atomic mass is 15.0. The lowest BCUT2D eigenvalue weighted by Gasteiger charge is -2.02. The van der Waals surface area contributed by atoms with Gasteiger partial charge in [-0.2, -0.15) is 4.57 Å². The highest BCUT2D eigenvalue weighted by Crippen LogP contribution is 2.22. The molecule has 3 heteroatoms. The molecule has 23 heavy (non-hydrogen) atoms. The number of para-hydroxylation sites is 1. The average Bonchev–Trinajstić information content (AvgIpc) is 2.90. The number of hydrogen-bond acceptors (Lipinski definition) is 1. The van der Waals surface area contributed by atoms with Gasteiger partial charge in [0.15, 0.2) is 6.54 Å². The van der Waals surface area contributed by atoms with Crippen molar-refractivity contribution in [3.8, 4) is 0 Å². The Kier molecular flexibility index (Phi) is 4.40. The van der Waals surface area contributed by atoms with Gasteiger partial charge in [0.25, 0.3) is 0 Å². The maximum atomic E-state index is 5.76. The summed E-state index contributed by atoms with van der Waals surface area (Å²) in [6.45, 7) is 5.27. The van der Waals surface area contributed by atoms with Gasteiger partial charge in [0.1, 0.15) is 0 Å². The minimum atomic E-state index is 0.602. The smallest absolute Gasteiger partial charge is 0.205 e. The molecular formula is C20H22N3+. The zero-order chi connectivity index (χ0) is 16.2. The molecule has 0 saturated heterocycles. The standard InChI is InChI=1S/C20H22N3/c1-3-17-7-6-8-18(23(17)14-13-21)12-11-16-15-22(2)20-10-5-4-9-19(16)20/h3-12,15H,1,13-14,21H2,2H3/q+1. The number of nitrogens with zero attached hydrogens (tertiary/aromatic N) is 2. The molecule has 0 fully saturated rings. The molecule has 116 valence electrons. The Balaban J connectivity index is 2.04. The van der Waals surface area contributed by atoms with Crippen molar-refractivity contribution in [1.82, 2.24) is 4.57 Å². The zero-order valence-corrected chi connectivity index (χ0v) is 13.4. The quantitative estimate of drug-likeness (QED) is 0.722. The van der Waals surface area contributed by atoms with Gasteiger partial charge in [0.05, 0.1) is 6.54 Å². The molecule has 0 aliphatic rings. The zero-order valence-electron chi connectivity index (χ0n) is 13.4. The van der Waals surface area contributed by atoms with E-state index in [-0.39, 0.29) is 0 Å². The lowest BCUT2D eigenvalue weighted by Crippen LogP contribution is -2.43. The molecule has 0 radical (unpaired) electrons. The number of fused-ring (bicyclic) bond motifs is 1. The lowest BCUT2D eigenvalue weighted by molar-refractivity contribution is -0.697. The van der Waals surface area contributed by atoms with E-state index in [1.807, 2.05) is 12.1 Å². The molecule has 0 amide bonds. The van der Waals surface area contributed by atoms with E-state index in [1.165, 1.54) is 16.5 Å². The number of aryl methyl sites for hydroxylation is 1. The average molecular weight is 304 g/mol. The third-order valence-electron chi connectivity index (χ3n) is 4.08. The van der Waals surface area contributed by atoms with Gasteiger partial charge in [-0.05, 0) is 18.2 Å². The second-order valence-corrected chi connectivity index (χ2v) is 5.57. The molecular weight excluding hydrogens is 282 g/mol. The number of aromatic nitrogens is 2. The van der Waals surface area contributed by atoms with E-state index in [0.717, 1.165) is 17.9 Å². The minimum absolute atomic E-state index is 0.602. The summed E-state index contributed by atoms with van der Waals surface area (Å²) in [4.78, 5) is 0. The third-order valence-corrected chi connectivity index (χ3v) is 4.08. The number of pyridine rings is 1. The lowest BCUT2D eigenvalue weighted by atomic mass is 10.1. The van der Waals surface area contributed by atoms with E-state index in [0.29, 0.717) is 6.54 Å². The minimum Gasteiger partial charge on any atom is -0.350 e. The van der Waals surface area contributed by atoms with E-state index in [4.69, 9.17) is 5.73 Å². The number of nitrogens with two attached hydrogens (primary N) is 1. The Morgan fingerprint density at radius 3 is 2.65 bits per heavy atom. The summed E-state index contributed by atoms with van der Waals surface area (Å²) in [7, 11) is 2.08. The summed E-state index contributed by atoms with van der Waals surface area (Å²) in [5.41, 5.74) is 10.4. The molecule has 1 aromatic carbocycles. The van der Waals surface area contributed by atoms with Crippen LogP contribution in [0.1, 0.15) is 17.0 Å². The molecule has 0 atom stereocenters. The first-order chi connectivity index (χ1) is 11.2. The molecule has 0 aliphatic heterocycles. The van der Waals surface area contributed by atoms with Crippen molar-refractivity contribution in [3.63, 3.8) is 0 Å². The summed E-state index contributed by atoms with van der Waals surface area (Å²) in [6, 6.07) is 14.6. The monoisotopic (exact) mass is 304 g/mol. The summed E-state index contributed by atoms with van der Waals surface area (Å²) < 4.78 is 4.34. The highest BCUT2D eigenvalue weighted by Gasteiger charge is 2.11. The van der Waals surface area contributed by atoms with Crippen LogP contribution in [0.3, 0.4) is 0 Å². The summed E-state index contributed by atoms with van der Waals surface area (Å²) in [6.07, 6.45) is 8.33. The fraction of sp³-hybridized carbons (Fsp3) is 0.150. The van der Waals surface area contributed by atoms with Gasteiger partial charge in [-0.15, -0.1) is 0 Å². The molecule has 2 heterocycles. The number of hydrogen-bond donors (Lipinski definition) is 1. The Labute approximate surface area is 137 Å². The van der Waals surface area contributed by atoms with Gasteiger partial charge >= 0.3 is 0 Å². The van der Waals surface area contributed by atoms with Crippen LogP contribution in [-0.4, -0.2) is 11.1 Å². The van der Waals surface area contributed by atoms with Crippen molar-refractivity contribution < 1.29 is 4.57 Å². The maximum Gasteiger partial charge on any atom is 0.205 e. The number of rotatable bonds is 5. The molecule has 0 spiro atoms. The molecule has 2 N–H and O–H groups in total. The van der Waals surface area contributed by atoms with Crippen LogP contribution in [0.25, 0.3) is 29.1 Å². The van der Waals surface area contributed by atoms with Crippen molar-refractivity contribution >= 4 is 29.1 Å². The molecule has 0 aliphatic carbocycles. The molecule has 3 aromatic rings. The Hall–Kier alpha value is -2.65.